The molecule has 12 heteroatoms. The summed E-state index contributed by atoms with van der Waals surface area (Å²) in [5, 5.41) is 30.8. The van der Waals surface area contributed by atoms with Gasteiger partial charge in [0.1, 0.15) is 18.2 Å². The van der Waals surface area contributed by atoms with Crippen LogP contribution in [-0.2, 0) is 12.0 Å². The number of carboxylic acid groups (broad SMARTS) is 2. The van der Waals surface area contributed by atoms with Crippen LogP contribution >= 0.6 is 0 Å². The van der Waals surface area contributed by atoms with Gasteiger partial charge >= 0.3 is 18.2 Å². The fourth-order valence-corrected chi connectivity index (χ4v) is 4.68. The summed E-state index contributed by atoms with van der Waals surface area (Å²) in [5.41, 5.74) is 3.20. The summed E-state index contributed by atoms with van der Waals surface area (Å²) in [5.74, 6) is 0.958. The fraction of sp³-hybridized carbons (Fsp3) is 0.182. The van der Waals surface area contributed by atoms with Crippen LogP contribution in [0.4, 0.5) is 31.6 Å². The summed E-state index contributed by atoms with van der Waals surface area (Å²) in [7, 11) is 0. The van der Waals surface area contributed by atoms with Gasteiger partial charge in [0.05, 0.1) is 29.0 Å². The van der Waals surface area contributed by atoms with Gasteiger partial charge in [0.15, 0.2) is 0 Å². The molecule has 4 amide bonds. The number of benzene rings is 3. The van der Waals surface area contributed by atoms with Gasteiger partial charge in [-0.15, -0.1) is 0 Å². The number of rotatable bonds is 7. The molecule has 0 bridgehead atoms. The molecule has 5 rings (SSSR count). The maximum atomic E-state index is 13.3. The number of carbonyl (C=O) groups is 3. The van der Waals surface area contributed by atoms with Crippen molar-refractivity contribution in [3.8, 4) is 11.4 Å². The summed E-state index contributed by atoms with van der Waals surface area (Å²) in [4.78, 5) is 40.5. The number of imide groups is 1. The number of hydrogen-bond acceptors (Lipinski definition) is 6. The Morgan fingerprint density at radius 2 is 1.60 bits per heavy atom. The molecular weight excluding hydrogens is 576 g/mol. The van der Waals surface area contributed by atoms with Crippen LogP contribution in [0.25, 0.3) is 16.5 Å². The average Bonchev–Trinajstić information content (AvgIpc) is 3.42. The van der Waals surface area contributed by atoms with E-state index >= 15 is 0 Å². The lowest BCUT2D eigenvalue weighted by Gasteiger charge is -2.18. The Morgan fingerprint density at radius 1 is 0.911 bits per heavy atom. The van der Waals surface area contributed by atoms with Crippen LogP contribution in [0.3, 0.4) is 0 Å². The number of hydrogen-bond donors (Lipinski definition) is 4. The molecular formula is C33H32N6O6. The summed E-state index contributed by atoms with van der Waals surface area (Å²) in [6, 6.07) is 21.4. The second-order valence-electron chi connectivity index (χ2n) is 11.3. The molecule has 0 saturated heterocycles. The second-order valence-corrected chi connectivity index (χ2v) is 11.3. The van der Waals surface area contributed by atoms with E-state index in [1.807, 2.05) is 61.5 Å². The van der Waals surface area contributed by atoms with Crippen molar-refractivity contribution < 1.29 is 29.3 Å². The minimum atomic E-state index is -1.66. The molecule has 0 aliphatic heterocycles. The van der Waals surface area contributed by atoms with Crippen LogP contribution in [0.15, 0.2) is 85.2 Å². The number of nitrogens with one attached hydrogen (secondary N) is 2. The van der Waals surface area contributed by atoms with E-state index < -0.39 is 18.2 Å². The van der Waals surface area contributed by atoms with E-state index in [9.17, 15) is 24.6 Å². The predicted molar refractivity (Wildman–Crippen MR) is 171 cm³/mol. The van der Waals surface area contributed by atoms with Crippen molar-refractivity contribution in [3.63, 3.8) is 0 Å². The molecule has 230 valence electrons. The molecule has 2 aromatic heterocycles. The largest absolute Gasteiger partial charge is 0.488 e. The predicted octanol–water partition coefficient (Wildman–Crippen LogP) is 7.41. The van der Waals surface area contributed by atoms with Gasteiger partial charge in [-0.2, -0.15) is 10.00 Å². The van der Waals surface area contributed by atoms with Crippen molar-refractivity contribution in [2.45, 2.75) is 39.7 Å². The lowest BCUT2D eigenvalue weighted by Crippen LogP contribution is -2.35. The van der Waals surface area contributed by atoms with Gasteiger partial charge in [-0.25, -0.2) is 19.1 Å². The van der Waals surface area contributed by atoms with Gasteiger partial charge < -0.3 is 20.3 Å². The molecule has 0 fully saturated rings. The second kappa shape index (κ2) is 12.4. The van der Waals surface area contributed by atoms with Crippen molar-refractivity contribution >= 4 is 46.2 Å². The Kier molecular flexibility index (Phi) is 8.39. The van der Waals surface area contributed by atoms with Crippen LogP contribution in [0.1, 0.15) is 37.6 Å². The van der Waals surface area contributed by atoms with Crippen molar-refractivity contribution in [2.75, 3.05) is 15.5 Å². The molecule has 0 unspecified atom stereocenters. The molecule has 45 heavy (non-hydrogen) atoms. The normalized spacial score (nSPS) is 11.2. The van der Waals surface area contributed by atoms with Crippen LogP contribution < -0.4 is 20.3 Å². The first-order chi connectivity index (χ1) is 21.4. The van der Waals surface area contributed by atoms with Crippen molar-refractivity contribution in [2.24, 2.45) is 0 Å². The molecule has 5 aromatic rings. The monoisotopic (exact) mass is 608 g/mol. The topological polar surface area (TPSA) is 159 Å². The summed E-state index contributed by atoms with van der Waals surface area (Å²) < 4.78 is 7.74. The maximum absolute atomic E-state index is 13.3. The number of aromatic nitrogens is 3. The Balaban J connectivity index is 1.39. The average molecular weight is 609 g/mol. The lowest BCUT2D eigenvalue weighted by molar-refractivity contribution is 0.184. The molecule has 2 heterocycles. The lowest BCUT2D eigenvalue weighted by atomic mass is 9.92. The van der Waals surface area contributed by atoms with E-state index in [1.165, 1.54) is 12.3 Å². The quantitative estimate of drug-likeness (QED) is 0.149. The Hall–Kier alpha value is -5.91. The van der Waals surface area contributed by atoms with Crippen LogP contribution in [0, 0.1) is 6.92 Å². The molecule has 4 N–H and O–H groups in total. The highest BCUT2D eigenvalue weighted by molar-refractivity contribution is 6.08. The number of urea groups is 1. The highest BCUT2D eigenvalue weighted by atomic mass is 16.5. The smallest absolute Gasteiger partial charge is 0.421 e. The zero-order valence-electron chi connectivity index (χ0n) is 25.1. The number of pyridine rings is 1. The summed E-state index contributed by atoms with van der Waals surface area (Å²) >= 11 is 0. The Bertz CT molecular complexity index is 1880. The van der Waals surface area contributed by atoms with Gasteiger partial charge in [0, 0.05) is 34.0 Å². The maximum Gasteiger partial charge on any atom is 0.421 e. The van der Waals surface area contributed by atoms with Gasteiger partial charge in [0.2, 0.25) is 0 Å². The third-order valence-electron chi connectivity index (χ3n) is 7.02. The standard InChI is InChI=1S/C33H32N6O6/c1-20-9-11-22(12-10-20)39-29(17-28(37-39)33(2,3)4)36-30(40)35-25-13-14-27(24-8-6-5-7-23(24)25)45-19-21-15-16-34-18-26(21)38(31(41)42)32(43)44/h5-18H,19H2,1-4H3,(H,41,42)(H,43,44)(H2,35,36,40). The number of nitrogens with zero attached hydrogens (tertiary/aromatic N) is 4. The molecule has 0 atom stereocenters. The van der Waals surface area contributed by atoms with Crippen molar-refractivity contribution in [1.29, 1.82) is 0 Å². The van der Waals surface area contributed by atoms with Gasteiger partial charge in [0.25, 0.3) is 0 Å². The first-order valence-corrected chi connectivity index (χ1v) is 14.0. The first-order valence-electron chi connectivity index (χ1n) is 14.0. The number of aryl methyl sites for hydroxylation is 1. The third-order valence-corrected chi connectivity index (χ3v) is 7.02. The minimum absolute atomic E-state index is 0.128. The molecule has 0 spiro atoms. The number of carbonyl (C=O) groups excluding carboxylic acids is 1. The SMILES string of the molecule is Cc1ccc(-n2nc(C(C)(C)C)cc2NC(=O)Nc2ccc(OCc3ccncc3N(C(=O)O)C(=O)O)c3ccccc23)cc1. The third kappa shape index (κ3) is 6.69. The molecule has 0 radical (unpaired) electrons. The van der Waals surface area contributed by atoms with E-state index in [2.05, 4.69) is 36.4 Å². The molecule has 3 aromatic carbocycles. The Labute approximate surface area is 258 Å². The minimum Gasteiger partial charge on any atom is -0.488 e. The van der Waals surface area contributed by atoms with E-state index in [4.69, 9.17) is 9.84 Å². The summed E-state index contributed by atoms with van der Waals surface area (Å²) in [6.45, 7) is 8.03. The highest BCUT2D eigenvalue weighted by Crippen LogP contribution is 2.33. The molecule has 12 nitrogen and oxygen atoms in total. The van der Waals surface area contributed by atoms with Gasteiger partial charge in [-0.3, -0.25) is 10.3 Å². The zero-order valence-corrected chi connectivity index (χ0v) is 25.1. The number of ether oxygens (including phenoxy) is 1. The van der Waals surface area contributed by atoms with Crippen LogP contribution in [0.5, 0.6) is 5.75 Å². The number of fused-ring (bicyclic) bond motifs is 1. The van der Waals surface area contributed by atoms with Crippen LogP contribution in [0.2, 0.25) is 0 Å². The van der Waals surface area contributed by atoms with Crippen molar-refractivity contribution in [1.82, 2.24) is 14.8 Å². The molecule has 0 aliphatic rings. The van der Waals surface area contributed by atoms with Crippen LogP contribution in [-0.4, -0.2) is 43.2 Å². The van der Waals surface area contributed by atoms with E-state index in [0.29, 0.717) is 33.6 Å². The van der Waals surface area contributed by atoms with Gasteiger partial charge in [-0.1, -0.05) is 62.7 Å². The summed E-state index contributed by atoms with van der Waals surface area (Å²) in [6.07, 6.45) is -0.747. The van der Waals surface area contributed by atoms with Crippen molar-refractivity contribution in [3.05, 3.63) is 102 Å². The van der Waals surface area contributed by atoms with E-state index in [0.717, 1.165) is 23.1 Å². The molecule has 0 saturated carbocycles. The van der Waals surface area contributed by atoms with E-state index in [-0.39, 0.29) is 22.6 Å². The number of anilines is 3. The zero-order chi connectivity index (χ0) is 32.3. The van der Waals surface area contributed by atoms with E-state index in [1.54, 1.807) is 16.8 Å². The highest BCUT2D eigenvalue weighted by Gasteiger charge is 2.25. The molecule has 0 aliphatic carbocycles. The van der Waals surface area contributed by atoms with Gasteiger partial charge in [-0.05, 0) is 37.3 Å². The number of amides is 4. The Morgan fingerprint density at radius 3 is 2.27 bits per heavy atom. The fourth-order valence-electron chi connectivity index (χ4n) is 4.68. The first kappa shape index (κ1) is 30.5.